The normalized spacial score (nSPS) is 14.3. The van der Waals surface area contributed by atoms with E-state index >= 15 is 0 Å². The zero-order valence-electron chi connectivity index (χ0n) is 48.9. The zero-order chi connectivity index (χ0) is 56.9. The number of esters is 4. The summed E-state index contributed by atoms with van der Waals surface area (Å²) < 4.78 is 67.2. The van der Waals surface area contributed by atoms with Crippen molar-refractivity contribution in [2.24, 2.45) is 0 Å². The highest BCUT2D eigenvalue weighted by atomic mass is 31.2. The Hall–Kier alpha value is -1.94. The highest BCUT2D eigenvalue weighted by molar-refractivity contribution is 7.47. The molecular formula is C58H112O17P2. The third-order valence-corrected chi connectivity index (χ3v) is 15.3. The number of aliphatic hydroxyl groups excluding tert-OH is 1. The van der Waals surface area contributed by atoms with Gasteiger partial charge in [0.2, 0.25) is 0 Å². The van der Waals surface area contributed by atoms with Gasteiger partial charge in [0.1, 0.15) is 19.3 Å². The minimum Gasteiger partial charge on any atom is -0.462 e. The molecule has 3 N–H and O–H groups in total. The van der Waals surface area contributed by atoms with E-state index in [1.165, 1.54) is 103 Å². The summed E-state index contributed by atoms with van der Waals surface area (Å²) in [6.45, 7) is 4.62. The van der Waals surface area contributed by atoms with Gasteiger partial charge in [-0.25, -0.2) is 9.13 Å². The summed E-state index contributed by atoms with van der Waals surface area (Å²) in [4.78, 5) is 71.2. The molecule has 0 aromatic heterocycles. The molecule has 456 valence electrons. The van der Waals surface area contributed by atoms with Gasteiger partial charge in [0, 0.05) is 25.7 Å². The van der Waals surface area contributed by atoms with E-state index in [9.17, 15) is 43.2 Å². The quantitative estimate of drug-likeness (QED) is 0.0222. The van der Waals surface area contributed by atoms with Crippen molar-refractivity contribution in [2.75, 3.05) is 39.6 Å². The van der Waals surface area contributed by atoms with Crippen molar-refractivity contribution in [3.05, 3.63) is 0 Å². The molecule has 0 bridgehead atoms. The average molecular weight is 1140 g/mol. The van der Waals surface area contributed by atoms with Crippen LogP contribution in [0.5, 0.6) is 0 Å². The Morgan fingerprint density at radius 1 is 0.312 bits per heavy atom. The Labute approximate surface area is 467 Å². The Morgan fingerprint density at radius 2 is 0.519 bits per heavy atom. The van der Waals surface area contributed by atoms with Gasteiger partial charge in [0.25, 0.3) is 0 Å². The molecule has 0 aromatic rings. The van der Waals surface area contributed by atoms with E-state index in [1.807, 2.05) is 0 Å². The lowest BCUT2D eigenvalue weighted by Gasteiger charge is -2.21. The largest absolute Gasteiger partial charge is 0.472 e. The van der Waals surface area contributed by atoms with Gasteiger partial charge >= 0.3 is 39.5 Å². The number of ether oxygens (including phenoxy) is 4. The zero-order valence-corrected chi connectivity index (χ0v) is 50.7. The summed E-state index contributed by atoms with van der Waals surface area (Å²) in [6, 6.07) is 0. The molecule has 0 aliphatic heterocycles. The molecule has 0 heterocycles. The fourth-order valence-electron chi connectivity index (χ4n) is 8.57. The van der Waals surface area contributed by atoms with Crippen LogP contribution in [0.3, 0.4) is 0 Å². The van der Waals surface area contributed by atoms with Gasteiger partial charge in [-0.1, -0.05) is 240 Å². The average Bonchev–Trinajstić information content (AvgIpc) is 3.40. The maximum atomic E-state index is 12.9. The lowest BCUT2D eigenvalue weighted by Crippen LogP contribution is -2.30. The van der Waals surface area contributed by atoms with Gasteiger partial charge in [-0.15, -0.1) is 0 Å². The third kappa shape index (κ3) is 53.2. The summed E-state index contributed by atoms with van der Waals surface area (Å²) in [6.07, 6.45) is 37.3. The van der Waals surface area contributed by atoms with E-state index in [0.29, 0.717) is 25.7 Å². The van der Waals surface area contributed by atoms with Crippen LogP contribution < -0.4 is 0 Å². The number of rotatable bonds is 59. The maximum Gasteiger partial charge on any atom is 0.472 e. The Morgan fingerprint density at radius 3 is 0.766 bits per heavy atom. The van der Waals surface area contributed by atoms with Gasteiger partial charge in [-0.05, 0) is 25.7 Å². The minimum atomic E-state index is -4.93. The molecule has 0 saturated carbocycles. The molecule has 0 amide bonds. The van der Waals surface area contributed by atoms with E-state index in [-0.39, 0.29) is 25.7 Å². The molecular weight excluding hydrogens is 1030 g/mol. The number of carbonyl (C=O) groups excluding carboxylic acids is 4. The van der Waals surface area contributed by atoms with Crippen molar-refractivity contribution in [2.45, 2.75) is 309 Å². The van der Waals surface area contributed by atoms with Crippen LogP contribution >= 0.6 is 15.6 Å². The highest BCUT2D eigenvalue weighted by Crippen LogP contribution is 2.45. The van der Waals surface area contributed by atoms with Crippen molar-refractivity contribution in [1.29, 1.82) is 0 Å². The Kier molecular flexibility index (Phi) is 52.0. The highest BCUT2D eigenvalue weighted by Gasteiger charge is 2.30. The number of unbranched alkanes of at least 4 members (excludes halogenated alkanes) is 33. The van der Waals surface area contributed by atoms with Crippen LogP contribution in [0.15, 0.2) is 0 Å². The van der Waals surface area contributed by atoms with Crippen molar-refractivity contribution in [1.82, 2.24) is 0 Å². The maximum absolute atomic E-state index is 12.9. The molecule has 0 spiro atoms. The first-order valence-electron chi connectivity index (χ1n) is 30.8. The molecule has 0 aliphatic carbocycles. The summed E-state index contributed by atoms with van der Waals surface area (Å²) in [5.41, 5.74) is 0. The molecule has 0 fully saturated rings. The second-order valence-electron chi connectivity index (χ2n) is 21.0. The number of hydrogen-bond acceptors (Lipinski definition) is 15. The molecule has 0 radical (unpaired) electrons. The first kappa shape index (κ1) is 75.1. The van der Waals surface area contributed by atoms with Gasteiger partial charge in [-0.3, -0.25) is 37.3 Å². The van der Waals surface area contributed by atoms with Crippen molar-refractivity contribution in [3.63, 3.8) is 0 Å². The van der Waals surface area contributed by atoms with Crippen molar-refractivity contribution >= 4 is 39.5 Å². The Bertz CT molecular complexity index is 1500. The van der Waals surface area contributed by atoms with Gasteiger partial charge < -0.3 is 33.8 Å². The van der Waals surface area contributed by atoms with Crippen LogP contribution in [0, 0.1) is 0 Å². The lowest BCUT2D eigenvalue weighted by molar-refractivity contribution is -0.161. The first-order chi connectivity index (χ1) is 37.2. The van der Waals surface area contributed by atoms with Crippen LogP contribution in [-0.4, -0.2) is 96.7 Å². The molecule has 0 aliphatic rings. The number of phosphoric acid groups is 2. The molecule has 0 aromatic carbocycles. The third-order valence-electron chi connectivity index (χ3n) is 13.4. The molecule has 77 heavy (non-hydrogen) atoms. The standard InChI is InChI=1S/C58H112O17P2/c1-5-9-13-17-19-20-21-22-23-24-25-26-27-28-29-30-31-33-37-41-45-58(63)75-54(49-69-56(61)43-39-36-32-18-14-10-6-2)51-73-77(66,67)71-47-52(59)46-70-76(64,65)72-50-53(74-57(62)44-40-35-16-12-8-4)48-68-55(60)42-38-34-15-11-7-3/h52-54,59H,5-51H2,1-4H3,(H,64,65)(H,66,67)/t52-,53+,54+/m0/s1. The van der Waals surface area contributed by atoms with Crippen molar-refractivity contribution in [3.8, 4) is 0 Å². The summed E-state index contributed by atoms with van der Waals surface area (Å²) in [7, 11) is -9.85. The van der Waals surface area contributed by atoms with Crippen LogP contribution in [0.25, 0.3) is 0 Å². The van der Waals surface area contributed by atoms with E-state index < -0.39 is 97.5 Å². The Balaban J connectivity index is 4.96. The molecule has 5 atom stereocenters. The van der Waals surface area contributed by atoms with E-state index in [2.05, 4.69) is 27.7 Å². The summed E-state index contributed by atoms with van der Waals surface area (Å²) in [5, 5.41) is 10.4. The second kappa shape index (κ2) is 53.4. The minimum absolute atomic E-state index is 0.0990. The summed E-state index contributed by atoms with van der Waals surface area (Å²) in [5.74, 6) is -2.17. The molecule has 0 saturated heterocycles. The fourth-order valence-corrected chi connectivity index (χ4v) is 10.2. The van der Waals surface area contributed by atoms with E-state index in [4.69, 9.17) is 37.0 Å². The number of carbonyl (C=O) groups is 4. The van der Waals surface area contributed by atoms with Gasteiger partial charge in [0.05, 0.1) is 26.4 Å². The number of phosphoric ester groups is 2. The molecule has 19 heteroatoms. The van der Waals surface area contributed by atoms with Gasteiger partial charge in [-0.2, -0.15) is 0 Å². The molecule has 0 rings (SSSR count). The van der Waals surface area contributed by atoms with Crippen LogP contribution in [0.4, 0.5) is 0 Å². The summed E-state index contributed by atoms with van der Waals surface area (Å²) >= 11 is 0. The van der Waals surface area contributed by atoms with E-state index in [1.54, 1.807) is 0 Å². The lowest BCUT2D eigenvalue weighted by atomic mass is 10.0. The number of aliphatic hydroxyl groups is 1. The fraction of sp³-hybridized carbons (Fsp3) is 0.931. The smallest absolute Gasteiger partial charge is 0.462 e. The van der Waals surface area contributed by atoms with Crippen LogP contribution in [0.1, 0.15) is 291 Å². The first-order valence-corrected chi connectivity index (χ1v) is 33.8. The molecule has 2 unspecified atom stereocenters. The van der Waals surface area contributed by atoms with Crippen LogP contribution in [0.2, 0.25) is 0 Å². The number of hydrogen-bond donors (Lipinski definition) is 3. The molecule has 17 nitrogen and oxygen atoms in total. The van der Waals surface area contributed by atoms with Gasteiger partial charge in [0.15, 0.2) is 12.2 Å². The SMILES string of the molecule is CCCCCCCCCCCCCCCCCCCCCCC(=O)O[C@H](COC(=O)CCCCCCCCC)COP(=O)(O)OC[C@@H](O)COP(=O)(O)OC[C@@H](COC(=O)CCCCCCC)OC(=O)CCCCCCC. The van der Waals surface area contributed by atoms with Crippen LogP contribution in [-0.2, 0) is 65.4 Å². The van der Waals surface area contributed by atoms with Crippen molar-refractivity contribution < 1.29 is 80.2 Å². The topological polar surface area (TPSA) is 237 Å². The monoisotopic (exact) mass is 1140 g/mol. The predicted molar refractivity (Wildman–Crippen MR) is 303 cm³/mol. The van der Waals surface area contributed by atoms with E-state index in [0.717, 1.165) is 109 Å². The second-order valence-corrected chi connectivity index (χ2v) is 23.9. The predicted octanol–water partition coefficient (Wildman–Crippen LogP) is 15.6.